The van der Waals surface area contributed by atoms with Crippen LogP contribution in [0.5, 0.6) is 0 Å². The van der Waals surface area contributed by atoms with Gasteiger partial charge in [0.15, 0.2) is 0 Å². The monoisotopic (exact) mass is 310 g/mol. The van der Waals surface area contributed by atoms with Gasteiger partial charge in [0.05, 0.1) is 6.42 Å². The van der Waals surface area contributed by atoms with Crippen LogP contribution in [0.1, 0.15) is 18.4 Å². The number of aliphatic carboxylic acids is 1. The second-order valence-electron chi connectivity index (χ2n) is 5.14. The second kappa shape index (κ2) is 7.43. The maximum absolute atomic E-state index is 11.8. The maximum atomic E-state index is 11.8. The van der Waals surface area contributed by atoms with Gasteiger partial charge in [-0.1, -0.05) is 29.8 Å². The number of carboxylic acids is 1. The van der Waals surface area contributed by atoms with E-state index >= 15 is 0 Å². The normalized spacial score (nSPS) is 16.0. The van der Waals surface area contributed by atoms with Gasteiger partial charge < -0.3 is 10.0 Å². The summed E-state index contributed by atoms with van der Waals surface area (Å²) < 4.78 is 0. The van der Waals surface area contributed by atoms with Crippen LogP contribution in [-0.2, 0) is 16.1 Å². The molecule has 0 bridgehead atoms. The van der Waals surface area contributed by atoms with Crippen LogP contribution in [0.15, 0.2) is 24.3 Å². The van der Waals surface area contributed by atoms with Crippen molar-refractivity contribution in [3.8, 4) is 0 Å². The standard InChI is InChI=1S/C15H19ClN2O3/c16-13-4-2-1-3-12(13)11-17-7-9-18(10-8-17)14(19)5-6-15(20)21/h1-4H,5-11H2,(H,20,21). The second-order valence-corrected chi connectivity index (χ2v) is 5.55. The molecule has 0 unspecified atom stereocenters. The summed E-state index contributed by atoms with van der Waals surface area (Å²) >= 11 is 6.15. The molecule has 21 heavy (non-hydrogen) atoms. The van der Waals surface area contributed by atoms with Gasteiger partial charge >= 0.3 is 5.97 Å². The fraction of sp³-hybridized carbons (Fsp3) is 0.467. The van der Waals surface area contributed by atoms with Crippen LogP contribution in [0.4, 0.5) is 0 Å². The summed E-state index contributed by atoms with van der Waals surface area (Å²) in [7, 11) is 0. The third kappa shape index (κ3) is 4.72. The van der Waals surface area contributed by atoms with E-state index in [1.54, 1.807) is 4.90 Å². The molecule has 0 atom stereocenters. The highest BCUT2D eigenvalue weighted by Gasteiger charge is 2.21. The Labute approximate surface area is 129 Å². The molecule has 0 aromatic heterocycles. The minimum atomic E-state index is -0.930. The van der Waals surface area contributed by atoms with E-state index in [1.807, 2.05) is 24.3 Å². The molecular weight excluding hydrogens is 292 g/mol. The predicted octanol–water partition coefficient (Wildman–Crippen LogP) is 1.85. The number of piperazine rings is 1. The van der Waals surface area contributed by atoms with Gasteiger partial charge in [0.1, 0.15) is 0 Å². The summed E-state index contributed by atoms with van der Waals surface area (Å²) in [5, 5.41) is 9.36. The van der Waals surface area contributed by atoms with Crippen molar-refractivity contribution in [2.75, 3.05) is 26.2 Å². The van der Waals surface area contributed by atoms with Crippen LogP contribution >= 0.6 is 11.6 Å². The van der Waals surface area contributed by atoms with Crippen molar-refractivity contribution in [3.63, 3.8) is 0 Å². The molecule has 1 saturated heterocycles. The van der Waals surface area contributed by atoms with E-state index < -0.39 is 5.97 Å². The lowest BCUT2D eigenvalue weighted by molar-refractivity contribution is -0.141. The summed E-state index contributed by atoms with van der Waals surface area (Å²) in [6.07, 6.45) is -0.0154. The molecule has 1 aliphatic heterocycles. The topological polar surface area (TPSA) is 60.9 Å². The summed E-state index contributed by atoms with van der Waals surface area (Å²) in [6.45, 7) is 3.62. The average Bonchev–Trinajstić information content (AvgIpc) is 2.48. The molecule has 1 aromatic rings. The van der Waals surface area contributed by atoms with Crippen LogP contribution < -0.4 is 0 Å². The van der Waals surface area contributed by atoms with E-state index in [0.29, 0.717) is 13.1 Å². The highest BCUT2D eigenvalue weighted by Crippen LogP contribution is 2.18. The first kappa shape index (κ1) is 15.8. The lowest BCUT2D eigenvalue weighted by atomic mass is 10.2. The van der Waals surface area contributed by atoms with Crippen LogP contribution in [-0.4, -0.2) is 53.0 Å². The Kier molecular flexibility index (Phi) is 5.59. The van der Waals surface area contributed by atoms with E-state index in [2.05, 4.69) is 4.90 Å². The molecule has 1 heterocycles. The van der Waals surface area contributed by atoms with Crippen molar-refractivity contribution in [3.05, 3.63) is 34.9 Å². The molecule has 0 radical (unpaired) electrons. The lowest BCUT2D eigenvalue weighted by Gasteiger charge is -2.34. The smallest absolute Gasteiger partial charge is 0.303 e. The number of carbonyl (C=O) groups excluding carboxylic acids is 1. The van der Waals surface area contributed by atoms with Crippen molar-refractivity contribution in [2.45, 2.75) is 19.4 Å². The third-order valence-corrected chi connectivity index (χ3v) is 4.00. The zero-order valence-corrected chi connectivity index (χ0v) is 12.6. The van der Waals surface area contributed by atoms with Gasteiger partial charge in [-0.05, 0) is 11.6 Å². The van der Waals surface area contributed by atoms with Crippen molar-refractivity contribution in [2.24, 2.45) is 0 Å². The van der Waals surface area contributed by atoms with Crippen LogP contribution in [0.2, 0.25) is 5.02 Å². The molecule has 5 nitrogen and oxygen atoms in total. The fourth-order valence-corrected chi connectivity index (χ4v) is 2.59. The summed E-state index contributed by atoms with van der Waals surface area (Å²) in [5.74, 6) is -1.00. The van der Waals surface area contributed by atoms with Gasteiger partial charge in [0, 0.05) is 44.2 Å². The molecule has 0 aliphatic carbocycles. The Morgan fingerprint density at radius 1 is 1.10 bits per heavy atom. The molecule has 0 saturated carbocycles. The zero-order valence-electron chi connectivity index (χ0n) is 11.8. The van der Waals surface area contributed by atoms with Gasteiger partial charge in [-0.25, -0.2) is 0 Å². The van der Waals surface area contributed by atoms with E-state index in [-0.39, 0.29) is 18.7 Å². The number of hydrogen-bond acceptors (Lipinski definition) is 3. The number of nitrogens with zero attached hydrogens (tertiary/aromatic N) is 2. The highest BCUT2D eigenvalue weighted by molar-refractivity contribution is 6.31. The molecule has 1 amide bonds. The van der Waals surface area contributed by atoms with Crippen LogP contribution in [0.25, 0.3) is 0 Å². The van der Waals surface area contributed by atoms with Gasteiger partial charge in [0.25, 0.3) is 0 Å². The van der Waals surface area contributed by atoms with E-state index in [4.69, 9.17) is 16.7 Å². The number of amides is 1. The Hall–Kier alpha value is -1.59. The number of hydrogen-bond donors (Lipinski definition) is 1. The SMILES string of the molecule is O=C(O)CCC(=O)N1CCN(Cc2ccccc2Cl)CC1. The predicted molar refractivity (Wildman–Crippen MR) is 80.2 cm³/mol. The quantitative estimate of drug-likeness (QED) is 0.901. The largest absolute Gasteiger partial charge is 0.481 e. The summed E-state index contributed by atoms with van der Waals surface area (Å²) in [6, 6.07) is 7.76. The van der Waals surface area contributed by atoms with E-state index in [9.17, 15) is 9.59 Å². The molecule has 0 spiro atoms. The summed E-state index contributed by atoms with van der Waals surface area (Å²) in [4.78, 5) is 26.3. The van der Waals surface area contributed by atoms with E-state index in [0.717, 1.165) is 30.2 Å². The Balaban J connectivity index is 1.79. The Bertz CT molecular complexity index is 513. The van der Waals surface area contributed by atoms with Gasteiger partial charge in [-0.3, -0.25) is 14.5 Å². The number of carboxylic acid groups (broad SMARTS) is 1. The van der Waals surface area contributed by atoms with Gasteiger partial charge in [0.2, 0.25) is 5.91 Å². The van der Waals surface area contributed by atoms with Crippen molar-refractivity contribution in [1.82, 2.24) is 9.80 Å². The van der Waals surface area contributed by atoms with Gasteiger partial charge in [-0.2, -0.15) is 0 Å². The number of carbonyl (C=O) groups is 2. The van der Waals surface area contributed by atoms with Crippen molar-refractivity contribution in [1.29, 1.82) is 0 Å². The lowest BCUT2D eigenvalue weighted by Crippen LogP contribution is -2.48. The first-order valence-corrected chi connectivity index (χ1v) is 7.39. The molecule has 1 fully saturated rings. The Morgan fingerprint density at radius 2 is 1.76 bits per heavy atom. The molecule has 6 heteroatoms. The Morgan fingerprint density at radius 3 is 2.38 bits per heavy atom. The van der Waals surface area contributed by atoms with E-state index in [1.165, 1.54) is 0 Å². The van der Waals surface area contributed by atoms with Crippen molar-refractivity contribution < 1.29 is 14.7 Å². The molecule has 114 valence electrons. The molecule has 1 N–H and O–H groups in total. The fourth-order valence-electron chi connectivity index (χ4n) is 2.39. The molecular formula is C15H19ClN2O3. The molecule has 2 rings (SSSR count). The van der Waals surface area contributed by atoms with Crippen molar-refractivity contribution >= 4 is 23.5 Å². The molecule has 1 aromatic carbocycles. The first-order valence-electron chi connectivity index (χ1n) is 7.01. The molecule has 1 aliphatic rings. The number of halogens is 1. The van der Waals surface area contributed by atoms with Crippen LogP contribution in [0.3, 0.4) is 0 Å². The number of benzene rings is 1. The van der Waals surface area contributed by atoms with Crippen LogP contribution in [0, 0.1) is 0 Å². The summed E-state index contributed by atoms with van der Waals surface area (Å²) in [5.41, 5.74) is 1.09. The number of rotatable bonds is 5. The highest BCUT2D eigenvalue weighted by atomic mass is 35.5. The third-order valence-electron chi connectivity index (χ3n) is 3.63. The maximum Gasteiger partial charge on any atom is 0.303 e. The minimum absolute atomic E-state index is 0.0743. The van der Waals surface area contributed by atoms with Gasteiger partial charge in [-0.15, -0.1) is 0 Å². The zero-order chi connectivity index (χ0) is 15.2. The minimum Gasteiger partial charge on any atom is -0.481 e. The average molecular weight is 311 g/mol. The first-order chi connectivity index (χ1) is 10.1.